The number of nitrogens with one attached hydrogen (secondary N) is 1. The van der Waals surface area contributed by atoms with Crippen LogP contribution in [0, 0.1) is 5.82 Å². The van der Waals surface area contributed by atoms with E-state index < -0.39 is 0 Å². The van der Waals surface area contributed by atoms with Crippen molar-refractivity contribution in [2.45, 2.75) is 12.5 Å². The lowest BCUT2D eigenvalue weighted by Gasteiger charge is -2.37. The summed E-state index contributed by atoms with van der Waals surface area (Å²) in [7, 11) is 0. The minimum atomic E-state index is -0.336. The molecule has 0 aliphatic carbocycles. The molecular weight excluding hydrogens is 373 g/mol. The molecule has 1 aromatic rings. The van der Waals surface area contributed by atoms with Gasteiger partial charge in [-0.2, -0.15) is 0 Å². The number of hydrogen-bond acceptors (Lipinski definition) is 3. The van der Waals surface area contributed by atoms with Crippen molar-refractivity contribution in [2.75, 3.05) is 39.3 Å². The lowest BCUT2D eigenvalue weighted by Crippen LogP contribution is -2.52. The molecular formula is C15H20BrClFN3O. The molecule has 1 aromatic carbocycles. The van der Waals surface area contributed by atoms with Gasteiger partial charge in [-0.15, -0.1) is 12.4 Å². The average molecular weight is 393 g/mol. The molecule has 2 fully saturated rings. The molecule has 1 unspecified atom stereocenters. The Balaban J connectivity index is 0.00000176. The van der Waals surface area contributed by atoms with Crippen molar-refractivity contribution >= 4 is 34.2 Å². The number of benzene rings is 1. The average Bonchev–Trinajstić information content (AvgIpc) is 3.01. The summed E-state index contributed by atoms with van der Waals surface area (Å²) in [6.07, 6.45) is 1.19. The zero-order chi connectivity index (χ0) is 14.8. The number of rotatable bonds is 2. The van der Waals surface area contributed by atoms with Crippen LogP contribution >= 0.6 is 28.3 Å². The summed E-state index contributed by atoms with van der Waals surface area (Å²) in [5.74, 6) is -0.358. The van der Waals surface area contributed by atoms with Gasteiger partial charge in [0, 0.05) is 43.2 Å². The minimum Gasteiger partial charge on any atom is -0.336 e. The summed E-state index contributed by atoms with van der Waals surface area (Å²) in [5, 5.41) is 3.38. The first-order chi connectivity index (χ1) is 10.1. The van der Waals surface area contributed by atoms with Crippen LogP contribution in [0.4, 0.5) is 4.39 Å². The quantitative estimate of drug-likeness (QED) is 0.837. The van der Waals surface area contributed by atoms with Crippen molar-refractivity contribution in [3.63, 3.8) is 0 Å². The van der Waals surface area contributed by atoms with E-state index in [9.17, 15) is 9.18 Å². The first-order valence-corrected chi connectivity index (χ1v) is 8.13. The Kier molecular flexibility index (Phi) is 6.20. The van der Waals surface area contributed by atoms with Crippen LogP contribution in [0.5, 0.6) is 0 Å². The SMILES string of the molecule is Cl.O=C(c1ccc(F)cc1Br)N1CCN(C2CCNC2)CC1. The third-order valence-electron chi connectivity index (χ3n) is 4.31. The molecule has 22 heavy (non-hydrogen) atoms. The molecule has 0 radical (unpaired) electrons. The van der Waals surface area contributed by atoms with Gasteiger partial charge in [0.2, 0.25) is 0 Å². The molecule has 1 amide bonds. The molecule has 0 spiro atoms. The number of carbonyl (C=O) groups is 1. The minimum absolute atomic E-state index is 0. The van der Waals surface area contributed by atoms with E-state index in [0.717, 1.165) is 39.3 Å². The second-order valence-corrected chi connectivity index (χ2v) is 6.45. The largest absolute Gasteiger partial charge is 0.336 e. The summed E-state index contributed by atoms with van der Waals surface area (Å²) in [5.41, 5.74) is 0.535. The molecule has 0 saturated carbocycles. The van der Waals surface area contributed by atoms with Gasteiger partial charge in [0.15, 0.2) is 0 Å². The standard InChI is InChI=1S/C15H19BrFN3O.ClH/c16-14-9-11(17)1-2-13(14)15(21)20-7-5-19(6-8-20)12-3-4-18-10-12;/h1-2,9,12,18H,3-8,10H2;1H. The van der Waals surface area contributed by atoms with Gasteiger partial charge in [-0.05, 0) is 47.1 Å². The molecule has 7 heteroatoms. The van der Waals surface area contributed by atoms with E-state index in [1.807, 2.05) is 4.90 Å². The van der Waals surface area contributed by atoms with E-state index in [4.69, 9.17) is 0 Å². The number of halogens is 3. The molecule has 2 aliphatic rings. The first kappa shape index (κ1) is 17.7. The lowest BCUT2D eigenvalue weighted by molar-refractivity contribution is 0.0583. The van der Waals surface area contributed by atoms with Gasteiger partial charge in [-0.3, -0.25) is 9.69 Å². The summed E-state index contributed by atoms with van der Waals surface area (Å²) in [4.78, 5) is 16.8. The molecule has 2 aliphatic heterocycles. The second kappa shape index (κ2) is 7.73. The van der Waals surface area contributed by atoms with E-state index in [2.05, 4.69) is 26.1 Å². The van der Waals surface area contributed by atoms with Crippen molar-refractivity contribution in [2.24, 2.45) is 0 Å². The Bertz CT molecular complexity index is 532. The fourth-order valence-electron chi connectivity index (χ4n) is 3.07. The van der Waals surface area contributed by atoms with Crippen LogP contribution in [0.1, 0.15) is 16.8 Å². The fraction of sp³-hybridized carbons (Fsp3) is 0.533. The number of carbonyl (C=O) groups excluding carboxylic acids is 1. The highest BCUT2D eigenvalue weighted by atomic mass is 79.9. The van der Waals surface area contributed by atoms with Crippen LogP contribution in [0.25, 0.3) is 0 Å². The molecule has 0 aromatic heterocycles. The molecule has 3 rings (SSSR count). The smallest absolute Gasteiger partial charge is 0.255 e. The maximum Gasteiger partial charge on any atom is 0.255 e. The van der Waals surface area contributed by atoms with Crippen molar-refractivity contribution < 1.29 is 9.18 Å². The lowest BCUT2D eigenvalue weighted by atomic mass is 10.1. The van der Waals surface area contributed by atoms with Crippen molar-refractivity contribution in [1.82, 2.24) is 15.1 Å². The van der Waals surface area contributed by atoms with E-state index in [-0.39, 0.29) is 24.1 Å². The van der Waals surface area contributed by atoms with Gasteiger partial charge >= 0.3 is 0 Å². The summed E-state index contributed by atoms with van der Waals surface area (Å²) in [6.45, 7) is 5.44. The topological polar surface area (TPSA) is 35.6 Å². The number of amides is 1. The number of hydrogen-bond donors (Lipinski definition) is 1. The number of nitrogens with zero attached hydrogens (tertiary/aromatic N) is 2. The van der Waals surface area contributed by atoms with Crippen LogP contribution < -0.4 is 5.32 Å². The van der Waals surface area contributed by atoms with E-state index in [0.29, 0.717) is 16.1 Å². The highest BCUT2D eigenvalue weighted by molar-refractivity contribution is 9.10. The van der Waals surface area contributed by atoms with Crippen LogP contribution in [-0.4, -0.2) is 61.0 Å². The van der Waals surface area contributed by atoms with Crippen molar-refractivity contribution in [1.29, 1.82) is 0 Å². The van der Waals surface area contributed by atoms with E-state index >= 15 is 0 Å². The summed E-state index contributed by atoms with van der Waals surface area (Å²) >= 11 is 3.27. The first-order valence-electron chi connectivity index (χ1n) is 7.34. The summed E-state index contributed by atoms with van der Waals surface area (Å²) < 4.78 is 13.6. The van der Waals surface area contributed by atoms with E-state index in [1.54, 1.807) is 6.07 Å². The molecule has 1 atom stereocenters. The van der Waals surface area contributed by atoms with Crippen LogP contribution in [0.15, 0.2) is 22.7 Å². The normalized spacial score (nSPS) is 22.5. The van der Waals surface area contributed by atoms with Crippen LogP contribution in [-0.2, 0) is 0 Å². The third kappa shape index (κ3) is 3.79. The second-order valence-electron chi connectivity index (χ2n) is 5.60. The van der Waals surface area contributed by atoms with Crippen molar-refractivity contribution in [3.05, 3.63) is 34.1 Å². The van der Waals surface area contributed by atoms with Gasteiger partial charge in [0.25, 0.3) is 5.91 Å². The van der Waals surface area contributed by atoms with Gasteiger partial charge < -0.3 is 10.2 Å². The maximum atomic E-state index is 13.1. The van der Waals surface area contributed by atoms with Gasteiger partial charge in [0.05, 0.1) is 5.56 Å². The Hall–Kier alpha value is -0.690. The molecule has 2 heterocycles. The summed E-state index contributed by atoms with van der Waals surface area (Å²) in [6, 6.07) is 4.83. The van der Waals surface area contributed by atoms with Crippen molar-refractivity contribution in [3.8, 4) is 0 Å². The molecule has 2 saturated heterocycles. The predicted molar refractivity (Wildman–Crippen MR) is 90.1 cm³/mol. The molecule has 0 bridgehead atoms. The van der Waals surface area contributed by atoms with Gasteiger partial charge in [-0.25, -0.2) is 4.39 Å². The highest BCUT2D eigenvalue weighted by Crippen LogP contribution is 2.21. The Morgan fingerprint density at radius 3 is 2.59 bits per heavy atom. The Morgan fingerprint density at radius 2 is 2.00 bits per heavy atom. The Labute approximate surface area is 144 Å². The fourth-order valence-corrected chi connectivity index (χ4v) is 3.59. The zero-order valence-electron chi connectivity index (χ0n) is 12.2. The Morgan fingerprint density at radius 1 is 1.27 bits per heavy atom. The van der Waals surface area contributed by atoms with Crippen LogP contribution in [0.2, 0.25) is 0 Å². The third-order valence-corrected chi connectivity index (χ3v) is 4.97. The van der Waals surface area contributed by atoms with Crippen LogP contribution in [0.3, 0.4) is 0 Å². The number of piperazine rings is 1. The molecule has 4 nitrogen and oxygen atoms in total. The zero-order valence-corrected chi connectivity index (χ0v) is 14.6. The van der Waals surface area contributed by atoms with Gasteiger partial charge in [0.1, 0.15) is 5.82 Å². The molecule has 1 N–H and O–H groups in total. The highest BCUT2D eigenvalue weighted by Gasteiger charge is 2.28. The van der Waals surface area contributed by atoms with E-state index in [1.165, 1.54) is 18.6 Å². The predicted octanol–water partition coefficient (Wildman–Crippen LogP) is 2.13. The molecule has 122 valence electrons. The monoisotopic (exact) mass is 391 g/mol. The maximum absolute atomic E-state index is 13.1. The van der Waals surface area contributed by atoms with Gasteiger partial charge in [-0.1, -0.05) is 0 Å².